The molecule has 6 nitrogen and oxygen atoms in total. The summed E-state index contributed by atoms with van der Waals surface area (Å²) in [5.41, 5.74) is 1.12. The van der Waals surface area contributed by atoms with Crippen molar-refractivity contribution in [2.24, 2.45) is 5.92 Å². The number of rotatable bonds is 5. The first-order chi connectivity index (χ1) is 9.91. The Morgan fingerprint density at radius 2 is 1.90 bits per heavy atom. The molecule has 0 spiro atoms. The molecule has 1 aromatic rings. The summed E-state index contributed by atoms with van der Waals surface area (Å²) in [6, 6.07) is 0. The molecule has 2 rings (SSSR count). The Hall–Kier alpha value is -0.920. The Balaban J connectivity index is 2.28. The van der Waals surface area contributed by atoms with Crippen LogP contribution in [0.3, 0.4) is 0 Å². The van der Waals surface area contributed by atoms with E-state index in [1.807, 2.05) is 0 Å². The zero-order valence-electron chi connectivity index (χ0n) is 13.0. The van der Waals surface area contributed by atoms with Crippen LogP contribution in [0.5, 0.6) is 0 Å². The van der Waals surface area contributed by atoms with Gasteiger partial charge in [0.05, 0.1) is 24.5 Å². The highest BCUT2D eigenvalue weighted by Gasteiger charge is 2.33. The molecule has 1 aliphatic rings. The van der Waals surface area contributed by atoms with E-state index in [1.165, 1.54) is 0 Å². The lowest BCUT2D eigenvalue weighted by atomic mass is 9.96. The molecule has 1 aromatic heterocycles. The van der Waals surface area contributed by atoms with Crippen LogP contribution in [-0.2, 0) is 16.6 Å². The van der Waals surface area contributed by atoms with Crippen molar-refractivity contribution < 1.29 is 13.5 Å². The molecule has 1 fully saturated rings. The fourth-order valence-electron chi connectivity index (χ4n) is 3.05. The number of aromatic nitrogens is 2. The molecule has 0 unspecified atom stereocenters. The van der Waals surface area contributed by atoms with Crippen LogP contribution in [0.25, 0.3) is 0 Å². The minimum atomic E-state index is -3.48. The first kappa shape index (κ1) is 16.5. The summed E-state index contributed by atoms with van der Waals surface area (Å²) in [7, 11) is -3.48. The highest BCUT2D eigenvalue weighted by molar-refractivity contribution is 7.89. The molecule has 1 saturated heterocycles. The molecule has 0 radical (unpaired) electrons. The van der Waals surface area contributed by atoms with E-state index >= 15 is 0 Å². The second-order valence-corrected chi connectivity index (χ2v) is 7.58. The third kappa shape index (κ3) is 3.14. The highest BCUT2D eigenvalue weighted by Crippen LogP contribution is 2.28. The monoisotopic (exact) mass is 315 g/mol. The largest absolute Gasteiger partial charge is 0.394 e. The van der Waals surface area contributed by atoms with Gasteiger partial charge in [0.15, 0.2) is 0 Å². The summed E-state index contributed by atoms with van der Waals surface area (Å²) in [4.78, 5) is 0.311. The molecule has 1 aliphatic heterocycles. The first-order valence-corrected chi connectivity index (χ1v) is 9.00. The highest BCUT2D eigenvalue weighted by atomic mass is 32.2. The lowest BCUT2D eigenvalue weighted by molar-refractivity contribution is 0.266. The Morgan fingerprint density at radius 1 is 1.29 bits per heavy atom. The van der Waals surface area contributed by atoms with E-state index in [4.69, 9.17) is 5.11 Å². The molecule has 0 bridgehead atoms. The van der Waals surface area contributed by atoms with E-state index in [1.54, 1.807) is 22.8 Å². The summed E-state index contributed by atoms with van der Waals surface area (Å²) in [5, 5.41) is 13.3. The summed E-state index contributed by atoms with van der Waals surface area (Å²) >= 11 is 0. The smallest absolute Gasteiger partial charge is 0.246 e. The molecule has 7 heteroatoms. The second-order valence-electron chi connectivity index (χ2n) is 5.70. The number of piperidine rings is 1. The minimum Gasteiger partial charge on any atom is -0.394 e. The van der Waals surface area contributed by atoms with Crippen molar-refractivity contribution in [2.45, 2.75) is 51.5 Å². The molecule has 0 saturated carbocycles. The average molecular weight is 315 g/mol. The van der Waals surface area contributed by atoms with Crippen LogP contribution >= 0.6 is 0 Å². The van der Waals surface area contributed by atoms with Gasteiger partial charge in [0, 0.05) is 13.1 Å². The first-order valence-electron chi connectivity index (χ1n) is 7.56. The maximum absolute atomic E-state index is 12.9. The van der Waals surface area contributed by atoms with Gasteiger partial charge >= 0.3 is 0 Å². The van der Waals surface area contributed by atoms with Crippen molar-refractivity contribution in [3.8, 4) is 0 Å². The van der Waals surface area contributed by atoms with Crippen LogP contribution < -0.4 is 0 Å². The average Bonchev–Trinajstić information content (AvgIpc) is 2.74. The van der Waals surface area contributed by atoms with Gasteiger partial charge in [0.2, 0.25) is 10.0 Å². The molecule has 0 aromatic carbocycles. The van der Waals surface area contributed by atoms with Gasteiger partial charge < -0.3 is 5.11 Å². The van der Waals surface area contributed by atoms with E-state index in [0.717, 1.165) is 19.3 Å². The molecular formula is C14H25N3O3S. The fraction of sp³-hybridized carbons (Fsp3) is 0.786. The van der Waals surface area contributed by atoms with Crippen molar-refractivity contribution in [1.82, 2.24) is 14.1 Å². The normalized spacial score (nSPS) is 18.3. The van der Waals surface area contributed by atoms with Crippen LogP contribution in [0, 0.1) is 19.8 Å². The van der Waals surface area contributed by atoms with Gasteiger partial charge in [-0.3, -0.25) is 4.68 Å². The van der Waals surface area contributed by atoms with Crippen LogP contribution in [0.15, 0.2) is 4.90 Å². The maximum Gasteiger partial charge on any atom is 0.246 e. The molecule has 0 aliphatic carbocycles. The van der Waals surface area contributed by atoms with Gasteiger partial charge in [-0.05, 0) is 32.6 Å². The predicted octanol–water partition coefficient (Wildman–Crippen LogP) is 1.30. The van der Waals surface area contributed by atoms with Crippen LogP contribution in [0.2, 0.25) is 0 Å². The Morgan fingerprint density at radius 3 is 2.43 bits per heavy atom. The van der Waals surface area contributed by atoms with Gasteiger partial charge in [-0.25, -0.2) is 8.42 Å². The van der Waals surface area contributed by atoms with Gasteiger partial charge in [-0.1, -0.05) is 13.3 Å². The molecule has 0 amide bonds. The summed E-state index contributed by atoms with van der Waals surface area (Å²) in [6.45, 7) is 7.06. The number of aliphatic hydroxyl groups is 1. The summed E-state index contributed by atoms with van der Waals surface area (Å²) < 4.78 is 28.9. The van der Waals surface area contributed by atoms with E-state index < -0.39 is 10.0 Å². The van der Waals surface area contributed by atoms with E-state index in [-0.39, 0.29) is 6.61 Å². The van der Waals surface area contributed by atoms with Crippen molar-refractivity contribution in [3.05, 3.63) is 11.4 Å². The van der Waals surface area contributed by atoms with E-state index in [2.05, 4.69) is 12.0 Å². The fourth-order valence-corrected chi connectivity index (χ4v) is 4.90. The van der Waals surface area contributed by atoms with E-state index in [9.17, 15) is 8.42 Å². The molecule has 0 atom stereocenters. The van der Waals surface area contributed by atoms with Crippen molar-refractivity contribution in [3.63, 3.8) is 0 Å². The van der Waals surface area contributed by atoms with Crippen LogP contribution in [0.1, 0.15) is 37.6 Å². The third-order valence-electron chi connectivity index (χ3n) is 4.38. The van der Waals surface area contributed by atoms with Crippen LogP contribution in [0.4, 0.5) is 0 Å². The zero-order valence-corrected chi connectivity index (χ0v) is 13.9. The summed E-state index contributed by atoms with van der Waals surface area (Å²) in [5.74, 6) is 0.635. The lowest BCUT2D eigenvalue weighted by Gasteiger charge is -2.30. The van der Waals surface area contributed by atoms with Crippen molar-refractivity contribution >= 4 is 10.0 Å². The number of hydrogen-bond donors (Lipinski definition) is 1. The SMILES string of the molecule is CCC1CCN(S(=O)(=O)c2c(C)nn(CCO)c2C)CC1. The molecule has 21 heavy (non-hydrogen) atoms. The number of hydrogen-bond acceptors (Lipinski definition) is 4. The molecular weight excluding hydrogens is 290 g/mol. The lowest BCUT2D eigenvalue weighted by Crippen LogP contribution is -2.38. The van der Waals surface area contributed by atoms with Gasteiger partial charge in [0.25, 0.3) is 0 Å². The number of aliphatic hydroxyl groups excluding tert-OH is 1. The Kier molecular flexibility index (Phi) is 5.06. The predicted molar refractivity (Wildman–Crippen MR) is 80.6 cm³/mol. The van der Waals surface area contributed by atoms with Crippen LogP contribution in [-0.4, -0.2) is 47.3 Å². The molecule has 2 heterocycles. The van der Waals surface area contributed by atoms with Crippen molar-refractivity contribution in [1.29, 1.82) is 0 Å². The van der Waals surface area contributed by atoms with Gasteiger partial charge in [-0.2, -0.15) is 9.40 Å². The van der Waals surface area contributed by atoms with Gasteiger partial charge in [0.1, 0.15) is 4.90 Å². The zero-order chi connectivity index (χ0) is 15.6. The second kappa shape index (κ2) is 6.46. The minimum absolute atomic E-state index is 0.0522. The molecule has 1 N–H and O–H groups in total. The number of aryl methyl sites for hydroxylation is 1. The van der Waals surface area contributed by atoms with Gasteiger partial charge in [-0.15, -0.1) is 0 Å². The number of nitrogens with zero attached hydrogens (tertiary/aromatic N) is 3. The maximum atomic E-state index is 12.9. The number of sulfonamides is 1. The standard InChI is InChI=1S/C14H25N3O3S/c1-4-13-5-7-16(8-6-13)21(19,20)14-11(2)15-17(9-10-18)12(14)3/h13,18H,4-10H2,1-3H3. The quantitative estimate of drug-likeness (QED) is 0.889. The molecule has 120 valence electrons. The summed E-state index contributed by atoms with van der Waals surface area (Å²) in [6.07, 6.45) is 2.97. The Bertz CT molecular complexity index is 587. The van der Waals surface area contributed by atoms with E-state index in [0.29, 0.717) is 41.8 Å². The van der Waals surface area contributed by atoms with Crippen molar-refractivity contribution in [2.75, 3.05) is 19.7 Å². The topological polar surface area (TPSA) is 75.4 Å². The third-order valence-corrected chi connectivity index (χ3v) is 6.53. The Labute approximate surface area is 126 Å².